The minimum Gasteiger partial charge on any atom is -0.456 e. The largest absolute Gasteiger partial charge is 0.456 e. The summed E-state index contributed by atoms with van der Waals surface area (Å²) in [7, 11) is 0. The van der Waals surface area contributed by atoms with E-state index in [1.54, 1.807) is 0 Å². The molecule has 1 aromatic heterocycles. The van der Waals surface area contributed by atoms with Crippen molar-refractivity contribution < 1.29 is 4.42 Å². The van der Waals surface area contributed by atoms with Crippen LogP contribution in [0.2, 0.25) is 0 Å². The third-order valence-electron chi connectivity index (χ3n) is 14.2. The first kappa shape index (κ1) is 43.6. The van der Waals surface area contributed by atoms with Crippen LogP contribution in [-0.4, -0.2) is 0 Å². The van der Waals surface area contributed by atoms with Gasteiger partial charge in [-0.2, -0.15) is 0 Å². The number of nitrogens with zero attached hydrogens (tertiary/aromatic N) is 2. The molecule has 12 rings (SSSR count). The smallest absolute Gasteiger partial charge is 0.136 e. The molecule has 0 bridgehead atoms. The van der Waals surface area contributed by atoms with Gasteiger partial charge in [-0.25, -0.2) is 0 Å². The maximum absolute atomic E-state index is 6.85. The van der Waals surface area contributed by atoms with Crippen LogP contribution in [0.3, 0.4) is 0 Å². The monoisotopic (exact) mass is 914 g/mol. The predicted octanol–water partition coefficient (Wildman–Crippen LogP) is 20.1. The fourth-order valence-corrected chi connectivity index (χ4v) is 10.3. The number of fused-ring (bicyclic) bond motifs is 5. The molecule has 0 aliphatic heterocycles. The summed E-state index contributed by atoms with van der Waals surface area (Å²) in [6.07, 6.45) is 0. The molecule has 0 unspecified atom stereocenters. The van der Waals surface area contributed by atoms with Gasteiger partial charge in [0.2, 0.25) is 0 Å². The number of benzene rings is 11. The van der Waals surface area contributed by atoms with Crippen molar-refractivity contribution in [3.8, 4) is 33.4 Å². The van der Waals surface area contributed by atoms with Crippen LogP contribution < -0.4 is 9.80 Å². The van der Waals surface area contributed by atoms with E-state index >= 15 is 0 Å². The van der Waals surface area contributed by atoms with Crippen LogP contribution >= 0.6 is 0 Å². The molecule has 12 aromatic rings. The Balaban J connectivity index is 0.962. The molecular formula is C68H54N2O. The SMILES string of the molecule is CC(C)c1ccc(-c2ccccc2N(c2ccc(-c3ccccc3)cc2)c2ccc3cc4c(cc3c2)oc2cc3cc(N(c5ccc(C(C)C)cc5)c5ccccc5-c5ccccc5)ccc3cc24)cc1. The van der Waals surface area contributed by atoms with E-state index in [0.717, 1.165) is 77.6 Å². The van der Waals surface area contributed by atoms with E-state index in [4.69, 9.17) is 4.42 Å². The standard InChI is InChI=1S/C68H54N2O/c1-45(2)47-23-25-52(26-24-47)62-20-12-14-22-66(62)70(58-35-29-50(30-36-58)49-15-7-5-8-16-49)60-38-32-54-42-64-63-41-53-31-37-59(39-55(53)43-67(63)71-68(64)44-56(54)40-60)69(57-33-27-48(28-34-57)46(3)4)65-21-13-11-19-61(65)51-17-9-6-10-18-51/h5-46H,1-4H3. The van der Waals surface area contributed by atoms with Gasteiger partial charge in [0.15, 0.2) is 0 Å². The average molecular weight is 915 g/mol. The summed E-state index contributed by atoms with van der Waals surface area (Å²) in [5.74, 6) is 0.907. The third kappa shape index (κ3) is 8.30. The highest BCUT2D eigenvalue weighted by Gasteiger charge is 2.21. The van der Waals surface area contributed by atoms with E-state index in [2.05, 4.69) is 280 Å². The van der Waals surface area contributed by atoms with Crippen molar-refractivity contribution >= 4 is 77.6 Å². The molecule has 0 saturated carbocycles. The van der Waals surface area contributed by atoms with Crippen molar-refractivity contribution in [2.24, 2.45) is 0 Å². The van der Waals surface area contributed by atoms with Crippen LogP contribution in [0, 0.1) is 0 Å². The van der Waals surface area contributed by atoms with Gasteiger partial charge in [0, 0.05) is 44.6 Å². The molecule has 0 saturated heterocycles. The van der Waals surface area contributed by atoms with E-state index in [1.807, 2.05) is 0 Å². The normalized spacial score (nSPS) is 11.6. The number of anilines is 6. The molecule has 1 heterocycles. The van der Waals surface area contributed by atoms with E-state index in [-0.39, 0.29) is 0 Å². The lowest BCUT2D eigenvalue weighted by Crippen LogP contribution is -2.11. The number of rotatable bonds is 11. The van der Waals surface area contributed by atoms with Gasteiger partial charge >= 0.3 is 0 Å². The molecule has 0 radical (unpaired) electrons. The molecule has 3 nitrogen and oxygen atoms in total. The molecule has 71 heavy (non-hydrogen) atoms. The molecule has 3 heteroatoms. The minimum atomic E-state index is 0.444. The van der Waals surface area contributed by atoms with Gasteiger partial charge in [0.05, 0.1) is 11.4 Å². The molecule has 0 fully saturated rings. The van der Waals surface area contributed by atoms with Crippen molar-refractivity contribution in [2.45, 2.75) is 39.5 Å². The number of para-hydroxylation sites is 2. The Bertz CT molecular complexity index is 3850. The van der Waals surface area contributed by atoms with Crippen LogP contribution in [0.25, 0.3) is 76.9 Å². The highest BCUT2D eigenvalue weighted by atomic mass is 16.3. The Labute approximate surface area is 416 Å². The summed E-state index contributed by atoms with van der Waals surface area (Å²) < 4.78 is 6.85. The van der Waals surface area contributed by atoms with Crippen molar-refractivity contribution in [3.05, 3.63) is 254 Å². The molecule has 0 N–H and O–H groups in total. The van der Waals surface area contributed by atoms with Gasteiger partial charge in [0.1, 0.15) is 11.2 Å². The zero-order valence-electron chi connectivity index (χ0n) is 40.6. The maximum atomic E-state index is 6.85. The van der Waals surface area contributed by atoms with Gasteiger partial charge < -0.3 is 14.2 Å². The first-order valence-electron chi connectivity index (χ1n) is 24.9. The van der Waals surface area contributed by atoms with Gasteiger partial charge in [-0.3, -0.25) is 0 Å². The lowest BCUT2D eigenvalue weighted by molar-refractivity contribution is 0.670. The average Bonchev–Trinajstić information content (AvgIpc) is 3.76. The third-order valence-corrected chi connectivity index (χ3v) is 14.2. The molecule has 0 atom stereocenters. The number of hydrogen-bond acceptors (Lipinski definition) is 3. The zero-order chi connectivity index (χ0) is 48.0. The Hall–Kier alpha value is -8.66. The highest BCUT2D eigenvalue weighted by molar-refractivity contribution is 6.14. The fourth-order valence-electron chi connectivity index (χ4n) is 10.3. The van der Waals surface area contributed by atoms with E-state index in [0.29, 0.717) is 11.8 Å². The topological polar surface area (TPSA) is 19.6 Å². The summed E-state index contributed by atoms with van der Waals surface area (Å²) in [6, 6.07) is 88.5. The van der Waals surface area contributed by atoms with Crippen molar-refractivity contribution in [2.75, 3.05) is 9.80 Å². The summed E-state index contributed by atoms with van der Waals surface area (Å²) in [4.78, 5) is 4.79. The second-order valence-corrected chi connectivity index (χ2v) is 19.4. The van der Waals surface area contributed by atoms with Crippen LogP contribution in [-0.2, 0) is 0 Å². The van der Waals surface area contributed by atoms with Crippen molar-refractivity contribution in [1.82, 2.24) is 0 Å². The van der Waals surface area contributed by atoms with E-state index in [9.17, 15) is 0 Å². The first-order valence-corrected chi connectivity index (χ1v) is 24.9. The lowest BCUT2D eigenvalue weighted by atomic mass is 9.97. The van der Waals surface area contributed by atoms with Crippen LogP contribution in [0.5, 0.6) is 0 Å². The molecule has 0 aliphatic carbocycles. The predicted molar refractivity (Wildman–Crippen MR) is 303 cm³/mol. The van der Waals surface area contributed by atoms with E-state index in [1.165, 1.54) is 44.5 Å². The quantitative estimate of drug-likeness (QED) is 0.129. The summed E-state index contributed by atoms with van der Waals surface area (Å²) in [5, 5.41) is 6.78. The molecule has 0 amide bonds. The Kier molecular flexibility index (Phi) is 11.3. The number of furan rings is 1. The Morgan fingerprint density at radius 3 is 1.14 bits per heavy atom. The zero-order valence-corrected chi connectivity index (χ0v) is 40.6. The second kappa shape index (κ2) is 18.3. The molecular weight excluding hydrogens is 861 g/mol. The van der Waals surface area contributed by atoms with E-state index < -0.39 is 0 Å². The Morgan fingerprint density at radius 1 is 0.296 bits per heavy atom. The summed E-state index contributed by atoms with van der Waals surface area (Å²) in [5.41, 5.74) is 18.1. The van der Waals surface area contributed by atoms with Gasteiger partial charge in [-0.1, -0.05) is 185 Å². The van der Waals surface area contributed by atoms with Crippen LogP contribution in [0.4, 0.5) is 34.1 Å². The molecule has 0 spiro atoms. The van der Waals surface area contributed by atoms with Crippen molar-refractivity contribution in [1.29, 1.82) is 0 Å². The second-order valence-electron chi connectivity index (χ2n) is 19.4. The molecule has 0 aliphatic rings. The van der Waals surface area contributed by atoms with Crippen molar-refractivity contribution in [3.63, 3.8) is 0 Å². The Morgan fingerprint density at radius 2 is 0.662 bits per heavy atom. The van der Waals surface area contributed by atoms with Crippen LogP contribution in [0.15, 0.2) is 247 Å². The molecule has 342 valence electrons. The molecule has 11 aromatic carbocycles. The fraction of sp³-hybridized carbons (Fsp3) is 0.0882. The first-order chi connectivity index (χ1) is 34.8. The summed E-state index contributed by atoms with van der Waals surface area (Å²) in [6.45, 7) is 8.98. The maximum Gasteiger partial charge on any atom is 0.136 e. The number of hydrogen-bond donors (Lipinski definition) is 0. The van der Waals surface area contributed by atoms with Crippen LogP contribution in [0.1, 0.15) is 50.7 Å². The lowest BCUT2D eigenvalue weighted by Gasteiger charge is -2.28. The van der Waals surface area contributed by atoms with Gasteiger partial charge in [-0.05, 0) is 152 Å². The van der Waals surface area contributed by atoms with Gasteiger partial charge in [-0.15, -0.1) is 0 Å². The summed E-state index contributed by atoms with van der Waals surface area (Å²) >= 11 is 0. The highest BCUT2D eigenvalue weighted by Crippen LogP contribution is 2.45. The minimum absolute atomic E-state index is 0.444. The van der Waals surface area contributed by atoms with Gasteiger partial charge in [0.25, 0.3) is 0 Å².